The van der Waals surface area contributed by atoms with Gasteiger partial charge in [-0.2, -0.15) is 0 Å². The van der Waals surface area contributed by atoms with Crippen LogP contribution < -0.4 is 0 Å². The van der Waals surface area contributed by atoms with Crippen molar-refractivity contribution in [1.29, 1.82) is 0 Å². The lowest BCUT2D eigenvalue weighted by molar-refractivity contribution is -0.142. The number of carbonyl (C=O) groups excluding carboxylic acids is 2. The van der Waals surface area contributed by atoms with E-state index in [1.807, 2.05) is 0 Å². The Morgan fingerprint density at radius 2 is 1.83 bits per heavy atom. The first kappa shape index (κ1) is 13.6. The minimum atomic E-state index is -0.112. The first-order valence-electron chi connectivity index (χ1n) is 9.68. The van der Waals surface area contributed by atoms with Crippen LogP contribution in [0.25, 0.3) is 0 Å². The van der Waals surface area contributed by atoms with Crippen LogP contribution in [0.1, 0.15) is 58.8 Å². The number of carbonyl (C=O) groups is 2. The molecule has 23 heavy (non-hydrogen) atoms. The van der Waals surface area contributed by atoms with Gasteiger partial charge in [0.15, 0.2) is 5.78 Å². The van der Waals surface area contributed by atoms with Crippen molar-refractivity contribution in [3.8, 4) is 0 Å². The molecule has 1 aliphatic heterocycles. The number of epoxide rings is 1. The van der Waals surface area contributed by atoms with Crippen molar-refractivity contribution in [3.05, 3.63) is 0 Å². The summed E-state index contributed by atoms with van der Waals surface area (Å²) >= 11 is 0. The fourth-order valence-electron chi connectivity index (χ4n) is 8.19. The van der Waals surface area contributed by atoms with Gasteiger partial charge in [-0.15, -0.1) is 0 Å². The third-order valence-corrected chi connectivity index (χ3v) is 9.56. The highest BCUT2D eigenvalue weighted by atomic mass is 16.6. The van der Waals surface area contributed by atoms with Crippen LogP contribution in [-0.2, 0) is 14.3 Å². The second-order valence-electron chi connectivity index (χ2n) is 9.85. The van der Waals surface area contributed by atoms with Gasteiger partial charge in [0.2, 0.25) is 0 Å². The summed E-state index contributed by atoms with van der Waals surface area (Å²) < 4.78 is 6.18. The molecule has 124 valence electrons. The molecule has 3 nitrogen and oxygen atoms in total. The highest BCUT2D eigenvalue weighted by Crippen LogP contribution is 2.78. The normalized spacial score (nSPS) is 65.1. The van der Waals surface area contributed by atoms with Crippen LogP contribution in [0, 0.1) is 40.4 Å². The summed E-state index contributed by atoms with van der Waals surface area (Å²) in [5, 5.41) is 0. The van der Waals surface area contributed by atoms with E-state index in [0.29, 0.717) is 41.2 Å². The Hall–Kier alpha value is -0.700. The van der Waals surface area contributed by atoms with Crippen molar-refractivity contribution < 1.29 is 14.3 Å². The van der Waals surface area contributed by atoms with Crippen LogP contribution in [0.4, 0.5) is 0 Å². The van der Waals surface area contributed by atoms with Crippen LogP contribution in [-0.4, -0.2) is 23.3 Å². The average Bonchev–Trinajstić information content (AvgIpc) is 3.41. The van der Waals surface area contributed by atoms with E-state index in [9.17, 15) is 9.59 Å². The van der Waals surface area contributed by atoms with E-state index in [1.165, 1.54) is 12.8 Å². The lowest BCUT2D eigenvalue weighted by Gasteiger charge is -2.58. The molecule has 6 rings (SSSR count). The van der Waals surface area contributed by atoms with Crippen molar-refractivity contribution in [1.82, 2.24) is 0 Å². The molecule has 5 saturated carbocycles. The fourth-order valence-corrected chi connectivity index (χ4v) is 8.19. The molecule has 3 unspecified atom stereocenters. The second kappa shape index (κ2) is 3.61. The molecule has 6 aliphatic rings. The third kappa shape index (κ3) is 1.23. The van der Waals surface area contributed by atoms with Gasteiger partial charge in [-0.25, -0.2) is 0 Å². The van der Waals surface area contributed by atoms with E-state index < -0.39 is 0 Å². The van der Waals surface area contributed by atoms with Gasteiger partial charge in [-0.1, -0.05) is 13.8 Å². The molecule has 0 aromatic heterocycles. The molecular formula is C20H26O3. The zero-order valence-corrected chi connectivity index (χ0v) is 14.1. The molecule has 1 heterocycles. The van der Waals surface area contributed by atoms with Crippen LogP contribution in [0.2, 0.25) is 0 Å². The van der Waals surface area contributed by atoms with Gasteiger partial charge in [-0.05, 0) is 62.2 Å². The van der Waals surface area contributed by atoms with E-state index in [2.05, 4.69) is 13.8 Å². The molecule has 0 aromatic rings. The minimum Gasteiger partial charge on any atom is -0.357 e. The molecule has 9 atom stereocenters. The quantitative estimate of drug-likeness (QED) is 0.645. The summed E-state index contributed by atoms with van der Waals surface area (Å²) in [6.45, 7) is 4.71. The summed E-state index contributed by atoms with van der Waals surface area (Å²) in [4.78, 5) is 25.0. The highest BCUT2D eigenvalue weighted by Gasteiger charge is 2.83. The summed E-state index contributed by atoms with van der Waals surface area (Å²) in [5.74, 6) is 3.77. The summed E-state index contributed by atoms with van der Waals surface area (Å²) in [7, 11) is 0. The Morgan fingerprint density at radius 3 is 2.65 bits per heavy atom. The van der Waals surface area contributed by atoms with Crippen molar-refractivity contribution in [2.75, 3.05) is 0 Å². The molecule has 6 fully saturated rings. The Morgan fingerprint density at radius 1 is 1.00 bits per heavy atom. The Bertz CT molecular complexity index is 655. The van der Waals surface area contributed by atoms with Gasteiger partial charge in [0.25, 0.3) is 0 Å². The first-order chi connectivity index (χ1) is 10.9. The topological polar surface area (TPSA) is 46.7 Å². The Labute approximate surface area is 137 Å². The number of fused-ring (bicyclic) bond motifs is 6. The smallest absolute Gasteiger partial charge is 0.167 e. The van der Waals surface area contributed by atoms with E-state index in [1.54, 1.807) is 0 Å². The van der Waals surface area contributed by atoms with E-state index in [0.717, 1.165) is 32.1 Å². The van der Waals surface area contributed by atoms with Gasteiger partial charge >= 0.3 is 0 Å². The fraction of sp³-hybridized carbons (Fsp3) is 0.900. The third-order valence-electron chi connectivity index (χ3n) is 9.56. The first-order valence-corrected chi connectivity index (χ1v) is 9.68. The van der Waals surface area contributed by atoms with Crippen LogP contribution in [0.3, 0.4) is 0 Å². The predicted octanol–water partition coefficient (Wildman–Crippen LogP) is 3.15. The number of hydrogen-bond donors (Lipinski definition) is 0. The van der Waals surface area contributed by atoms with Crippen molar-refractivity contribution in [3.63, 3.8) is 0 Å². The van der Waals surface area contributed by atoms with E-state index >= 15 is 0 Å². The molecule has 0 amide bonds. The summed E-state index contributed by atoms with van der Waals surface area (Å²) in [6, 6.07) is 0. The van der Waals surface area contributed by atoms with Gasteiger partial charge < -0.3 is 4.74 Å². The largest absolute Gasteiger partial charge is 0.357 e. The molecule has 0 bridgehead atoms. The zero-order valence-electron chi connectivity index (χ0n) is 14.1. The molecule has 3 heteroatoms. The number of Topliss-reactive ketones (excluding diaryl/α,β-unsaturated/α-hetero) is 2. The van der Waals surface area contributed by atoms with Gasteiger partial charge in [0, 0.05) is 23.2 Å². The lowest BCUT2D eigenvalue weighted by Crippen LogP contribution is -2.59. The average molecular weight is 314 g/mol. The van der Waals surface area contributed by atoms with Crippen LogP contribution in [0.5, 0.6) is 0 Å². The van der Waals surface area contributed by atoms with Crippen molar-refractivity contribution in [2.45, 2.75) is 70.5 Å². The van der Waals surface area contributed by atoms with Gasteiger partial charge in [0.05, 0.1) is 0 Å². The maximum atomic E-state index is 12.5. The zero-order chi connectivity index (χ0) is 15.8. The summed E-state index contributed by atoms with van der Waals surface area (Å²) in [6.07, 6.45) is 7.43. The SMILES string of the molecule is C[C@]12CC[C@H]3[C@@H](CCC45OC4C(=O)[C@H]4CC4[C@]35C)[C@@H]1CCC2=O. The van der Waals surface area contributed by atoms with E-state index in [-0.39, 0.29) is 22.5 Å². The molecule has 1 spiro atoms. The molecule has 5 aliphatic carbocycles. The second-order valence-corrected chi connectivity index (χ2v) is 9.85. The van der Waals surface area contributed by atoms with Gasteiger partial charge in [-0.3, -0.25) is 9.59 Å². The van der Waals surface area contributed by atoms with Crippen LogP contribution in [0.15, 0.2) is 0 Å². The molecule has 0 aromatic carbocycles. The Balaban J connectivity index is 1.43. The van der Waals surface area contributed by atoms with Crippen molar-refractivity contribution in [2.24, 2.45) is 40.4 Å². The van der Waals surface area contributed by atoms with Gasteiger partial charge in [0.1, 0.15) is 17.5 Å². The minimum absolute atomic E-state index is 0.0424. The van der Waals surface area contributed by atoms with Crippen LogP contribution >= 0.6 is 0 Å². The maximum absolute atomic E-state index is 12.5. The standard InChI is InChI=1S/C20H26O3/c1-18-7-6-13-10(12(18)3-4-15(18)21)5-8-20-17(23-20)16(22)11-9-14(11)19(13,20)2/h10-14,17H,3-9H2,1-2H3/t10-,11-,12-,13-,14?,17?,18-,19-,20?/m0/s1. The van der Waals surface area contributed by atoms with E-state index in [4.69, 9.17) is 4.74 Å². The lowest BCUT2D eigenvalue weighted by atomic mass is 9.44. The molecule has 1 saturated heterocycles. The highest BCUT2D eigenvalue weighted by molar-refractivity contribution is 5.93. The van der Waals surface area contributed by atoms with Crippen molar-refractivity contribution >= 4 is 11.6 Å². The molecule has 0 radical (unpaired) electrons. The predicted molar refractivity (Wildman–Crippen MR) is 83.6 cm³/mol. The monoisotopic (exact) mass is 314 g/mol. The number of ketones is 2. The number of hydrogen-bond acceptors (Lipinski definition) is 3. The molecular weight excluding hydrogens is 288 g/mol. The Kier molecular flexibility index (Phi) is 2.13. The maximum Gasteiger partial charge on any atom is 0.167 e. The number of ether oxygens (including phenoxy) is 1. The molecule has 0 N–H and O–H groups in total. The summed E-state index contributed by atoms with van der Waals surface area (Å²) in [5.41, 5.74) is 0.0463. The number of rotatable bonds is 0.